The average molecular weight is 316 g/mol. The molecule has 3 heterocycles. The molecule has 3 rings (SSSR count). The van der Waals surface area contributed by atoms with E-state index in [1.54, 1.807) is 10.6 Å². The zero-order valence-electron chi connectivity index (χ0n) is 12.4. The van der Waals surface area contributed by atoms with Crippen molar-refractivity contribution in [3.63, 3.8) is 0 Å². The van der Waals surface area contributed by atoms with Gasteiger partial charge in [-0.1, -0.05) is 6.07 Å². The minimum Gasteiger partial charge on any atom is -0.461 e. The van der Waals surface area contributed by atoms with E-state index in [2.05, 4.69) is 15.1 Å². The predicted molar refractivity (Wildman–Crippen MR) is 83.2 cm³/mol. The van der Waals surface area contributed by atoms with Crippen LogP contribution in [-0.4, -0.2) is 32.2 Å². The number of esters is 1. The fourth-order valence-corrected chi connectivity index (χ4v) is 2.79. The fraction of sp³-hybridized carbons (Fsp3) is 0.333. The van der Waals surface area contributed by atoms with Crippen molar-refractivity contribution in [2.24, 2.45) is 0 Å². The molecule has 0 aliphatic carbocycles. The highest BCUT2D eigenvalue weighted by Crippen LogP contribution is 2.10. The maximum absolute atomic E-state index is 11.7. The lowest BCUT2D eigenvalue weighted by Gasteiger charge is -2.01. The Morgan fingerprint density at radius 3 is 3.00 bits per heavy atom. The van der Waals surface area contributed by atoms with Crippen LogP contribution in [0.2, 0.25) is 0 Å². The second-order valence-corrected chi connectivity index (χ2v) is 5.94. The van der Waals surface area contributed by atoms with E-state index in [9.17, 15) is 4.79 Å². The number of rotatable bonds is 5. The number of hydrogen-bond donors (Lipinski definition) is 0. The number of fused-ring (bicyclic) bond motifs is 1. The lowest BCUT2D eigenvalue weighted by Crippen LogP contribution is -2.05. The van der Waals surface area contributed by atoms with Crippen molar-refractivity contribution in [2.75, 3.05) is 6.61 Å². The average Bonchev–Trinajstić information content (AvgIpc) is 3.12. The number of aromatic nitrogens is 4. The Kier molecular flexibility index (Phi) is 4.15. The van der Waals surface area contributed by atoms with Gasteiger partial charge in [0.15, 0.2) is 5.82 Å². The summed E-state index contributed by atoms with van der Waals surface area (Å²) in [7, 11) is 0. The quantitative estimate of drug-likeness (QED) is 0.534. The number of nitrogens with zero attached hydrogens (tertiary/aromatic N) is 4. The number of ether oxygens (including phenoxy) is 1. The van der Waals surface area contributed by atoms with Crippen LogP contribution in [0.1, 0.15) is 33.3 Å². The van der Waals surface area contributed by atoms with Gasteiger partial charge in [-0.25, -0.2) is 14.3 Å². The van der Waals surface area contributed by atoms with E-state index in [0.29, 0.717) is 35.9 Å². The molecule has 0 aliphatic rings. The van der Waals surface area contributed by atoms with Crippen molar-refractivity contribution in [1.29, 1.82) is 0 Å². The van der Waals surface area contributed by atoms with Crippen LogP contribution < -0.4 is 0 Å². The molecule has 0 spiro atoms. The second-order valence-electron chi connectivity index (χ2n) is 5.00. The Hall–Kier alpha value is -2.28. The molecular formula is C15H16N4O2S. The van der Waals surface area contributed by atoms with Crippen LogP contribution >= 0.6 is 11.3 Å². The lowest BCUT2D eigenvalue weighted by atomic mass is 10.3. The van der Waals surface area contributed by atoms with Gasteiger partial charge in [-0.05, 0) is 37.8 Å². The van der Waals surface area contributed by atoms with E-state index in [1.807, 2.05) is 31.4 Å². The maximum Gasteiger partial charge on any atom is 0.348 e. The first-order valence-corrected chi connectivity index (χ1v) is 7.92. The van der Waals surface area contributed by atoms with Gasteiger partial charge in [0.05, 0.1) is 6.61 Å². The van der Waals surface area contributed by atoms with Crippen LogP contribution in [0.15, 0.2) is 23.6 Å². The van der Waals surface area contributed by atoms with Crippen LogP contribution in [0.4, 0.5) is 0 Å². The molecule has 6 nitrogen and oxygen atoms in total. The van der Waals surface area contributed by atoms with Crippen molar-refractivity contribution < 1.29 is 9.53 Å². The normalized spacial score (nSPS) is 11.0. The van der Waals surface area contributed by atoms with Crippen LogP contribution in [0.25, 0.3) is 5.78 Å². The summed E-state index contributed by atoms with van der Waals surface area (Å²) in [5.74, 6) is 1.06. The van der Waals surface area contributed by atoms with Crippen LogP contribution in [0.3, 0.4) is 0 Å². The topological polar surface area (TPSA) is 69.4 Å². The first-order chi connectivity index (χ1) is 10.6. The van der Waals surface area contributed by atoms with Gasteiger partial charge in [0.25, 0.3) is 5.78 Å². The van der Waals surface area contributed by atoms with Crippen molar-refractivity contribution >= 4 is 23.1 Å². The molecule has 7 heteroatoms. The largest absolute Gasteiger partial charge is 0.461 e. The maximum atomic E-state index is 11.7. The Morgan fingerprint density at radius 2 is 2.23 bits per heavy atom. The van der Waals surface area contributed by atoms with Crippen molar-refractivity contribution in [3.05, 3.63) is 45.7 Å². The molecule has 3 aromatic heterocycles. The monoisotopic (exact) mass is 316 g/mol. The summed E-state index contributed by atoms with van der Waals surface area (Å²) >= 11 is 1.38. The number of carbonyl (C=O) groups excluding carboxylic acids is 1. The Labute approximate surface area is 131 Å². The summed E-state index contributed by atoms with van der Waals surface area (Å²) in [6.07, 6.45) is 1.34. The van der Waals surface area contributed by atoms with Gasteiger partial charge in [0.2, 0.25) is 0 Å². The molecule has 0 fully saturated rings. The van der Waals surface area contributed by atoms with Gasteiger partial charge in [0.1, 0.15) is 4.88 Å². The van der Waals surface area contributed by atoms with Crippen LogP contribution in [-0.2, 0) is 11.2 Å². The van der Waals surface area contributed by atoms with E-state index in [1.165, 1.54) is 11.3 Å². The molecule has 0 aromatic carbocycles. The summed E-state index contributed by atoms with van der Waals surface area (Å²) < 4.78 is 6.95. The van der Waals surface area contributed by atoms with Gasteiger partial charge in [-0.3, -0.25) is 0 Å². The first-order valence-electron chi connectivity index (χ1n) is 7.04. The molecule has 0 N–H and O–H groups in total. The van der Waals surface area contributed by atoms with Crippen molar-refractivity contribution in [1.82, 2.24) is 19.6 Å². The van der Waals surface area contributed by atoms with Gasteiger partial charge in [-0.15, -0.1) is 16.4 Å². The second kappa shape index (κ2) is 6.23. The third kappa shape index (κ3) is 3.14. The number of carbonyl (C=O) groups is 1. The minimum atomic E-state index is -0.272. The fourth-order valence-electron chi connectivity index (χ4n) is 2.17. The van der Waals surface area contributed by atoms with Gasteiger partial charge in [-0.2, -0.15) is 4.98 Å². The van der Waals surface area contributed by atoms with E-state index < -0.39 is 0 Å². The van der Waals surface area contributed by atoms with Gasteiger partial charge < -0.3 is 4.74 Å². The summed E-state index contributed by atoms with van der Waals surface area (Å²) in [5.41, 5.74) is 1.93. The van der Waals surface area contributed by atoms with Crippen molar-refractivity contribution in [3.8, 4) is 0 Å². The van der Waals surface area contributed by atoms with Crippen LogP contribution in [0, 0.1) is 13.8 Å². The summed E-state index contributed by atoms with van der Waals surface area (Å²) in [4.78, 5) is 21.1. The number of aryl methyl sites for hydroxylation is 3. The SMILES string of the molecule is Cc1cc(C)n2nc(CCCOC(=O)c3cccs3)nc2n1. The zero-order chi connectivity index (χ0) is 15.5. The van der Waals surface area contributed by atoms with Gasteiger partial charge in [0, 0.05) is 17.8 Å². The zero-order valence-corrected chi connectivity index (χ0v) is 13.3. The summed E-state index contributed by atoms with van der Waals surface area (Å²) in [6.45, 7) is 4.27. The summed E-state index contributed by atoms with van der Waals surface area (Å²) in [6, 6.07) is 5.56. The van der Waals surface area contributed by atoms with E-state index in [0.717, 1.165) is 11.4 Å². The molecule has 0 unspecified atom stereocenters. The molecule has 0 saturated carbocycles. The highest BCUT2D eigenvalue weighted by Gasteiger charge is 2.10. The lowest BCUT2D eigenvalue weighted by molar-refractivity contribution is 0.0506. The molecule has 0 aliphatic heterocycles. The van der Waals surface area contributed by atoms with E-state index >= 15 is 0 Å². The van der Waals surface area contributed by atoms with Crippen LogP contribution in [0.5, 0.6) is 0 Å². The van der Waals surface area contributed by atoms with Crippen molar-refractivity contribution in [2.45, 2.75) is 26.7 Å². The molecule has 0 atom stereocenters. The molecule has 22 heavy (non-hydrogen) atoms. The standard InChI is InChI=1S/C15H16N4O2S/c1-10-9-11(2)19-15(16-10)17-13(18-19)6-3-7-21-14(20)12-5-4-8-22-12/h4-5,8-9H,3,6-7H2,1-2H3. The molecule has 0 amide bonds. The predicted octanol–water partition coefficient (Wildman–Crippen LogP) is 2.59. The minimum absolute atomic E-state index is 0.272. The first kappa shape index (κ1) is 14.6. The summed E-state index contributed by atoms with van der Waals surface area (Å²) in [5, 5.41) is 6.28. The molecule has 3 aromatic rings. The Morgan fingerprint density at radius 1 is 1.36 bits per heavy atom. The molecular weight excluding hydrogens is 300 g/mol. The molecule has 0 bridgehead atoms. The third-order valence-electron chi connectivity index (χ3n) is 3.16. The molecule has 0 radical (unpaired) electrons. The molecule has 0 saturated heterocycles. The van der Waals surface area contributed by atoms with E-state index in [4.69, 9.17) is 4.74 Å². The highest BCUT2D eigenvalue weighted by atomic mass is 32.1. The Balaban J connectivity index is 1.56. The van der Waals surface area contributed by atoms with Gasteiger partial charge >= 0.3 is 5.97 Å². The number of thiophene rings is 1. The molecule has 114 valence electrons. The smallest absolute Gasteiger partial charge is 0.348 e. The number of hydrogen-bond acceptors (Lipinski definition) is 6. The van der Waals surface area contributed by atoms with E-state index in [-0.39, 0.29) is 5.97 Å². The highest BCUT2D eigenvalue weighted by molar-refractivity contribution is 7.11. The third-order valence-corrected chi connectivity index (χ3v) is 4.01. The Bertz CT molecular complexity index is 795.